The average Bonchev–Trinajstić information content (AvgIpc) is 2.42. The maximum absolute atomic E-state index is 14.0. The topological polar surface area (TPSA) is 20.3 Å². The number of rotatable bonds is 3. The average molecular weight is 296 g/mol. The first-order valence-corrected chi connectivity index (χ1v) is 6.36. The highest BCUT2D eigenvalue weighted by molar-refractivity contribution is 6.32. The number of likely N-dealkylation sites (N-methyl/N-ethyl adjacent to an activating group) is 1. The Morgan fingerprint density at radius 2 is 1.95 bits per heavy atom. The van der Waals surface area contributed by atoms with E-state index in [-0.39, 0.29) is 21.9 Å². The Kier molecular flexibility index (Phi) is 4.04. The number of allylic oxidation sites excluding steroid dienone is 3. The lowest BCUT2D eigenvalue weighted by molar-refractivity contribution is -0.104. The van der Waals surface area contributed by atoms with Crippen molar-refractivity contribution in [1.29, 1.82) is 0 Å². The van der Waals surface area contributed by atoms with Crippen molar-refractivity contribution in [2.45, 2.75) is 6.92 Å². The van der Waals surface area contributed by atoms with Crippen LogP contribution in [-0.2, 0) is 4.79 Å². The Balaban J connectivity index is 2.78. The molecule has 0 amide bonds. The van der Waals surface area contributed by atoms with Crippen molar-refractivity contribution in [3.05, 3.63) is 64.4 Å². The molecule has 0 aliphatic carbocycles. The highest BCUT2D eigenvalue weighted by Crippen LogP contribution is 2.37. The van der Waals surface area contributed by atoms with E-state index in [1.807, 2.05) is 0 Å². The van der Waals surface area contributed by atoms with Crippen LogP contribution in [-0.4, -0.2) is 17.7 Å². The Morgan fingerprint density at radius 1 is 1.35 bits per heavy atom. The molecule has 1 aromatic carbocycles. The summed E-state index contributed by atoms with van der Waals surface area (Å²) in [5, 5.41) is 0.273. The van der Waals surface area contributed by atoms with Gasteiger partial charge in [0.05, 0.1) is 22.0 Å². The first-order chi connectivity index (χ1) is 9.51. The summed E-state index contributed by atoms with van der Waals surface area (Å²) < 4.78 is 28.0. The highest BCUT2D eigenvalue weighted by Gasteiger charge is 2.27. The van der Waals surface area contributed by atoms with Crippen molar-refractivity contribution in [3.63, 3.8) is 0 Å². The monoisotopic (exact) mass is 295 g/mol. The number of aldehydes is 1. The molecule has 1 aliphatic rings. The van der Waals surface area contributed by atoms with E-state index < -0.39 is 11.6 Å². The summed E-state index contributed by atoms with van der Waals surface area (Å²) in [7, 11) is 0. The van der Waals surface area contributed by atoms with Gasteiger partial charge in [-0.05, 0) is 25.1 Å². The van der Waals surface area contributed by atoms with E-state index >= 15 is 0 Å². The van der Waals surface area contributed by atoms with Crippen LogP contribution in [0.5, 0.6) is 0 Å². The number of halogens is 3. The SMILES string of the molecule is C=C1C(Cl)=CC(C=O)=C(c2c(F)cccc2F)N1CC. The van der Waals surface area contributed by atoms with Crippen molar-refractivity contribution in [1.82, 2.24) is 4.90 Å². The first-order valence-electron chi connectivity index (χ1n) is 5.99. The molecular formula is C15H12ClF2NO. The van der Waals surface area contributed by atoms with Gasteiger partial charge in [-0.25, -0.2) is 8.78 Å². The molecule has 1 aromatic rings. The van der Waals surface area contributed by atoms with Crippen LogP contribution in [0.2, 0.25) is 0 Å². The van der Waals surface area contributed by atoms with Crippen LogP contribution >= 0.6 is 11.6 Å². The second kappa shape index (κ2) is 5.59. The van der Waals surface area contributed by atoms with Gasteiger partial charge in [0, 0.05) is 12.1 Å². The second-order valence-electron chi connectivity index (χ2n) is 4.20. The van der Waals surface area contributed by atoms with E-state index in [2.05, 4.69) is 6.58 Å². The maximum Gasteiger partial charge on any atom is 0.152 e. The Morgan fingerprint density at radius 3 is 2.45 bits per heavy atom. The van der Waals surface area contributed by atoms with E-state index in [4.69, 9.17) is 11.6 Å². The summed E-state index contributed by atoms with van der Waals surface area (Å²) in [6, 6.07) is 3.56. The van der Waals surface area contributed by atoms with Crippen LogP contribution in [0.3, 0.4) is 0 Å². The molecule has 0 fully saturated rings. The molecule has 2 nitrogen and oxygen atoms in total. The number of benzene rings is 1. The van der Waals surface area contributed by atoms with E-state index in [9.17, 15) is 13.6 Å². The molecule has 0 unspecified atom stereocenters. The van der Waals surface area contributed by atoms with Gasteiger partial charge in [0.2, 0.25) is 0 Å². The molecule has 0 aromatic heterocycles. The quantitative estimate of drug-likeness (QED) is 0.790. The molecule has 0 bridgehead atoms. The second-order valence-corrected chi connectivity index (χ2v) is 4.61. The standard InChI is InChI=1S/C15H12ClF2NO/c1-3-19-9(2)11(16)7-10(8-20)15(19)14-12(17)5-4-6-13(14)18/h4-8H,2-3H2,1H3. The number of carbonyl (C=O) groups excluding carboxylic acids is 1. The molecule has 20 heavy (non-hydrogen) atoms. The van der Waals surface area contributed by atoms with E-state index in [1.165, 1.54) is 17.0 Å². The molecule has 0 radical (unpaired) electrons. The third-order valence-corrected chi connectivity index (χ3v) is 3.40. The van der Waals surface area contributed by atoms with Crippen molar-refractivity contribution >= 4 is 23.6 Å². The van der Waals surface area contributed by atoms with Crippen molar-refractivity contribution in [2.24, 2.45) is 0 Å². The summed E-state index contributed by atoms with van der Waals surface area (Å²) in [6.45, 7) is 5.94. The fourth-order valence-corrected chi connectivity index (χ4v) is 2.37. The zero-order chi connectivity index (χ0) is 14.9. The van der Waals surface area contributed by atoms with Crippen LogP contribution in [0.25, 0.3) is 5.70 Å². The van der Waals surface area contributed by atoms with Crippen LogP contribution in [0.1, 0.15) is 12.5 Å². The van der Waals surface area contributed by atoms with Gasteiger partial charge in [0.25, 0.3) is 0 Å². The van der Waals surface area contributed by atoms with E-state index in [1.54, 1.807) is 6.92 Å². The molecule has 0 saturated heterocycles. The van der Waals surface area contributed by atoms with E-state index in [0.717, 1.165) is 12.1 Å². The smallest absolute Gasteiger partial charge is 0.152 e. The molecule has 0 saturated carbocycles. The zero-order valence-electron chi connectivity index (χ0n) is 10.8. The highest BCUT2D eigenvalue weighted by atomic mass is 35.5. The van der Waals surface area contributed by atoms with Crippen molar-refractivity contribution < 1.29 is 13.6 Å². The Hall–Kier alpha value is -1.94. The molecule has 0 N–H and O–H groups in total. The fourth-order valence-electron chi connectivity index (χ4n) is 2.15. The molecular weight excluding hydrogens is 284 g/mol. The van der Waals surface area contributed by atoms with Crippen molar-refractivity contribution in [3.8, 4) is 0 Å². The van der Waals surface area contributed by atoms with Crippen LogP contribution in [0, 0.1) is 11.6 Å². The van der Waals surface area contributed by atoms with Gasteiger partial charge in [-0.3, -0.25) is 4.79 Å². The summed E-state index contributed by atoms with van der Waals surface area (Å²) in [5.74, 6) is -1.48. The molecule has 0 atom stereocenters. The number of nitrogens with zero attached hydrogens (tertiary/aromatic N) is 1. The molecule has 1 heterocycles. The van der Waals surface area contributed by atoms with Gasteiger partial charge in [-0.15, -0.1) is 0 Å². The molecule has 5 heteroatoms. The first kappa shape index (κ1) is 14.5. The third-order valence-electron chi connectivity index (χ3n) is 3.07. The van der Waals surface area contributed by atoms with Crippen LogP contribution < -0.4 is 0 Å². The van der Waals surface area contributed by atoms with Gasteiger partial charge in [0.1, 0.15) is 11.6 Å². The van der Waals surface area contributed by atoms with Gasteiger partial charge in [-0.1, -0.05) is 24.2 Å². The van der Waals surface area contributed by atoms with Gasteiger partial charge in [0.15, 0.2) is 6.29 Å². The predicted molar refractivity (Wildman–Crippen MR) is 74.8 cm³/mol. The minimum atomic E-state index is -0.739. The minimum absolute atomic E-state index is 0.119. The Labute approximate surface area is 120 Å². The molecule has 2 rings (SSSR count). The lowest BCUT2D eigenvalue weighted by Gasteiger charge is -2.32. The molecule has 0 spiro atoms. The summed E-state index contributed by atoms with van der Waals surface area (Å²) in [5.41, 5.74) is 0.413. The van der Waals surface area contributed by atoms with Crippen LogP contribution in [0.4, 0.5) is 8.78 Å². The normalized spacial score (nSPS) is 15.5. The largest absolute Gasteiger partial charge is 0.340 e. The van der Waals surface area contributed by atoms with E-state index in [0.29, 0.717) is 18.5 Å². The summed E-state index contributed by atoms with van der Waals surface area (Å²) >= 11 is 5.99. The molecule has 104 valence electrons. The third kappa shape index (κ3) is 2.27. The lowest BCUT2D eigenvalue weighted by Crippen LogP contribution is -2.26. The van der Waals surface area contributed by atoms with Gasteiger partial charge in [-0.2, -0.15) is 0 Å². The lowest BCUT2D eigenvalue weighted by atomic mass is 10.00. The number of hydrogen-bond donors (Lipinski definition) is 0. The summed E-state index contributed by atoms with van der Waals surface area (Å²) in [4.78, 5) is 12.7. The Bertz CT molecular complexity index is 629. The zero-order valence-corrected chi connectivity index (χ0v) is 11.5. The van der Waals surface area contributed by atoms with Gasteiger partial charge >= 0.3 is 0 Å². The summed E-state index contributed by atoms with van der Waals surface area (Å²) in [6.07, 6.45) is 1.89. The van der Waals surface area contributed by atoms with Gasteiger partial charge < -0.3 is 4.90 Å². The van der Waals surface area contributed by atoms with Crippen LogP contribution in [0.15, 0.2) is 47.2 Å². The minimum Gasteiger partial charge on any atom is -0.340 e. The molecule has 1 aliphatic heterocycles. The number of carbonyl (C=O) groups is 1. The predicted octanol–water partition coefficient (Wildman–Crippen LogP) is 3.85. The van der Waals surface area contributed by atoms with Crippen molar-refractivity contribution in [2.75, 3.05) is 6.54 Å². The number of hydrogen-bond acceptors (Lipinski definition) is 2. The fraction of sp³-hybridized carbons (Fsp3) is 0.133. The maximum atomic E-state index is 14.0.